The highest BCUT2D eigenvalue weighted by Crippen LogP contribution is 2.31. The first kappa shape index (κ1) is 23.1. The molecule has 8 heteroatoms. The van der Waals surface area contributed by atoms with Crippen LogP contribution in [0.1, 0.15) is 22.7 Å². The smallest absolute Gasteiger partial charge is 0.309 e. The fourth-order valence-electron chi connectivity index (χ4n) is 4.52. The topological polar surface area (TPSA) is 83.1 Å². The third-order valence-electron chi connectivity index (χ3n) is 6.40. The molecule has 0 saturated carbocycles. The molecule has 2 aliphatic rings. The minimum atomic E-state index is -0.655. The number of rotatable bonds is 7. The summed E-state index contributed by atoms with van der Waals surface area (Å²) < 4.78 is 10.8. The van der Waals surface area contributed by atoms with Gasteiger partial charge in [0.1, 0.15) is 5.75 Å². The fourth-order valence-corrected chi connectivity index (χ4v) is 4.52. The molecular formula is C25H32N4O4. The molecule has 0 unspecified atom stereocenters. The first-order valence-corrected chi connectivity index (χ1v) is 11.4. The third kappa shape index (κ3) is 5.46. The van der Waals surface area contributed by atoms with Gasteiger partial charge in [0.05, 0.1) is 26.4 Å². The van der Waals surface area contributed by atoms with Crippen LogP contribution in [-0.2, 0) is 27.3 Å². The Morgan fingerprint density at radius 2 is 1.82 bits per heavy atom. The first-order chi connectivity index (χ1) is 16.1. The largest absolute Gasteiger partial charge is 0.496 e. The van der Waals surface area contributed by atoms with Gasteiger partial charge in [0.15, 0.2) is 0 Å². The van der Waals surface area contributed by atoms with Crippen LogP contribution in [0.4, 0.5) is 5.69 Å². The number of methoxy groups -OCH3 is 1. The average Bonchev–Trinajstić information content (AvgIpc) is 3.23. The highest BCUT2D eigenvalue weighted by Gasteiger charge is 2.26. The Kier molecular flexibility index (Phi) is 7.47. The van der Waals surface area contributed by atoms with Gasteiger partial charge in [0.25, 0.3) is 0 Å². The lowest BCUT2D eigenvalue weighted by Gasteiger charge is -2.35. The maximum atomic E-state index is 12.6. The van der Waals surface area contributed by atoms with E-state index in [0.29, 0.717) is 25.5 Å². The normalized spacial score (nSPS) is 16.7. The predicted molar refractivity (Wildman–Crippen MR) is 126 cm³/mol. The summed E-state index contributed by atoms with van der Waals surface area (Å²) in [6.45, 7) is 4.51. The van der Waals surface area contributed by atoms with Gasteiger partial charge in [0, 0.05) is 51.0 Å². The van der Waals surface area contributed by atoms with Gasteiger partial charge in [-0.2, -0.15) is 0 Å². The molecule has 2 heterocycles. The fraction of sp³-hybridized carbons (Fsp3) is 0.440. The van der Waals surface area contributed by atoms with Gasteiger partial charge < -0.3 is 25.0 Å². The Bertz CT molecular complexity index is 990. The number of nitrogens with zero attached hydrogens (tertiary/aromatic N) is 2. The average molecular weight is 453 g/mol. The van der Waals surface area contributed by atoms with Crippen LogP contribution in [0.15, 0.2) is 42.5 Å². The SMILES string of the molecule is COc1ccccc1CNC(=O)C(=O)NC[C@@H](c1ccc2c(c1)CCN2C)N1CCOCC1. The first-order valence-electron chi connectivity index (χ1n) is 11.4. The summed E-state index contributed by atoms with van der Waals surface area (Å²) in [6, 6.07) is 13.9. The number of morpholine rings is 1. The second kappa shape index (κ2) is 10.7. The summed E-state index contributed by atoms with van der Waals surface area (Å²) >= 11 is 0. The van der Waals surface area contributed by atoms with E-state index in [9.17, 15) is 9.59 Å². The van der Waals surface area contributed by atoms with Gasteiger partial charge in [-0.3, -0.25) is 14.5 Å². The number of benzene rings is 2. The second-order valence-corrected chi connectivity index (χ2v) is 8.43. The number of fused-ring (bicyclic) bond motifs is 1. The molecule has 176 valence electrons. The summed E-state index contributed by atoms with van der Waals surface area (Å²) in [5, 5.41) is 5.53. The van der Waals surface area contributed by atoms with E-state index in [1.54, 1.807) is 7.11 Å². The molecule has 8 nitrogen and oxygen atoms in total. The third-order valence-corrected chi connectivity index (χ3v) is 6.40. The van der Waals surface area contributed by atoms with E-state index in [2.05, 4.69) is 45.7 Å². The lowest BCUT2D eigenvalue weighted by Crippen LogP contribution is -2.46. The molecule has 0 spiro atoms. The van der Waals surface area contributed by atoms with E-state index in [0.717, 1.165) is 37.2 Å². The number of anilines is 1. The van der Waals surface area contributed by atoms with Crippen molar-refractivity contribution < 1.29 is 19.1 Å². The minimum Gasteiger partial charge on any atom is -0.496 e. The zero-order chi connectivity index (χ0) is 23.2. The van der Waals surface area contributed by atoms with E-state index >= 15 is 0 Å². The highest BCUT2D eigenvalue weighted by atomic mass is 16.5. The van der Waals surface area contributed by atoms with E-state index in [-0.39, 0.29) is 12.6 Å². The van der Waals surface area contributed by atoms with Gasteiger partial charge in [-0.05, 0) is 29.7 Å². The molecule has 0 bridgehead atoms. The number of carbonyl (C=O) groups excluding carboxylic acids is 2. The van der Waals surface area contributed by atoms with Crippen LogP contribution in [0.2, 0.25) is 0 Å². The second-order valence-electron chi connectivity index (χ2n) is 8.43. The summed E-state index contributed by atoms with van der Waals surface area (Å²) in [7, 11) is 3.69. The van der Waals surface area contributed by atoms with Crippen molar-refractivity contribution in [3.63, 3.8) is 0 Å². The molecule has 2 amide bonds. The maximum Gasteiger partial charge on any atom is 0.309 e. The summed E-state index contributed by atoms with van der Waals surface area (Å²) in [4.78, 5) is 29.6. The number of ether oxygens (including phenoxy) is 2. The number of hydrogen-bond donors (Lipinski definition) is 2. The van der Waals surface area contributed by atoms with Crippen LogP contribution < -0.4 is 20.3 Å². The molecule has 4 rings (SSSR count). The predicted octanol–water partition coefficient (Wildman–Crippen LogP) is 1.49. The molecule has 0 aliphatic carbocycles. The van der Waals surface area contributed by atoms with Crippen LogP contribution in [0.25, 0.3) is 0 Å². The highest BCUT2D eigenvalue weighted by molar-refractivity contribution is 6.35. The minimum absolute atomic E-state index is 0.0175. The molecular weight excluding hydrogens is 420 g/mol. The molecule has 0 radical (unpaired) electrons. The molecule has 33 heavy (non-hydrogen) atoms. The van der Waals surface area contributed by atoms with Crippen LogP contribution >= 0.6 is 0 Å². The van der Waals surface area contributed by atoms with E-state index in [1.165, 1.54) is 11.3 Å². The van der Waals surface area contributed by atoms with Gasteiger partial charge >= 0.3 is 11.8 Å². The Morgan fingerprint density at radius 3 is 2.61 bits per heavy atom. The number of nitrogens with one attached hydrogen (secondary N) is 2. The standard InChI is InChI=1S/C25H32N4O4/c1-28-10-9-19-15-18(7-8-21(19)28)22(29-11-13-33-14-12-29)17-27-25(31)24(30)26-16-20-5-3-4-6-23(20)32-2/h3-8,15,22H,9-14,16-17H2,1-2H3,(H,26,30)(H,27,31)/t22-/m0/s1. The number of carbonyl (C=O) groups is 2. The molecule has 1 saturated heterocycles. The number of para-hydroxylation sites is 1. The van der Waals surface area contributed by atoms with E-state index in [1.807, 2.05) is 24.3 Å². The van der Waals surface area contributed by atoms with Gasteiger partial charge in [-0.1, -0.05) is 30.3 Å². The molecule has 1 fully saturated rings. The number of hydrogen-bond acceptors (Lipinski definition) is 6. The summed E-state index contributed by atoms with van der Waals surface area (Å²) in [5.41, 5.74) is 4.56. The van der Waals surface area contributed by atoms with Gasteiger partial charge in [0.2, 0.25) is 0 Å². The van der Waals surface area contributed by atoms with Gasteiger partial charge in [-0.25, -0.2) is 0 Å². The lowest BCUT2D eigenvalue weighted by molar-refractivity contribution is -0.139. The van der Waals surface area contributed by atoms with Crippen molar-refractivity contribution in [1.29, 1.82) is 0 Å². The molecule has 0 aromatic heterocycles. The maximum absolute atomic E-state index is 12.6. The molecule has 2 aromatic rings. The summed E-state index contributed by atoms with van der Waals surface area (Å²) in [5.74, 6) is -0.617. The molecule has 2 aromatic carbocycles. The summed E-state index contributed by atoms with van der Waals surface area (Å²) in [6.07, 6.45) is 1.02. The van der Waals surface area contributed by atoms with Crippen molar-refractivity contribution in [2.75, 3.05) is 58.5 Å². The van der Waals surface area contributed by atoms with Gasteiger partial charge in [-0.15, -0.1) is 0 Å². The van der Waals surface area contributed by atoms with Crippen LogP contribution in [0.5, 0.6) is 5.75 Å². The van der Waals surface area contributed by atoms with Crippen molar-refractivity contribution >= 4 is 17.5 Å². The number of likely N-dealkylation sites (N-methyl/N-ethyl adjacent to an activating group) is 1. The lowest BCUT2D eigenvalue weighted by atomic mass is 10.0. The van der Waals surface area contributed by atoms with Crippen LogP contribution in [0, 0.1) is 0 Å². The van der Waals surface area contributed by atoms with E-state index < -0.39 is 11.8 Å². The Morgan fingerprint density at radius 1 is 1.06 bits per heavy atom. The van der Waals surface area contributed by atoms with Crippen molar-refractivity contribution in [2.24, 2.45) is 0 Å². The van der Waals surface area contributed by atoms with Crippen LogP contribution in [-0.4, -0.2) is 70.3 Å². The zero-order valence-corrected chi connectivity index (χ0v) is 19.3. The Hall–Kier alpha value is -3.10. The van der Waals surface area contributed by atoms with Crippen molar-refractivity contribution in [3.05, 3.63) is 59.2 Å². The van der Waals surface area contributed by atoms with Crippen molar-refractivity contribution in [3.8, 4) is 5.75 Å². The van der Waals surface area contributed by atoms with Crippen LogP contribution in [0.3, 0.4) is 0 Å². The van der Waals surface area contributed by atoms with Crippen molar-refractivity contribution in [1.82, 2.24) is 15.5 Å². The Labute approximate surface area is 194 Å². The number of amides is 2. The van der Waals surface area contributed by atoms with Crippen molar-refractivity contribution in [2.45, 2.75) is 19.0 Å². The van der Waals surface area contributed by atoms with E-state index in [4.69, 9.17) is 9.47 Å². The molecule has 2 aliphatic heterocycles. The molecule has 1 atom stereocenters. The Balaban J connectivity index is 1.40. The molecule has 2 N–H and O–H groups in total. The zero-order valence-electron chi connectivity index (χ0n) is 19.3. The quantitative estimate of drug-likeness (QED) is 0.620. The monoisotopic (exact) mass is 452 g/mol.